The number of carbonyl (C=O) groups is 3. The molecule has 4 rings (SSSR count). The Kier molecular flexibility index (Phi) is 9.74. The van der Waals surface area contributed by atoms with Crippen molar-refractivity contribution in [2.75, 3.05) is 33.9 Å². The maximum Gasteiger partial charge on any atom is 0.287 e. The molecular formula is C29H32FN3O7. The van der Waals surface area contributed by atoms with Gasteiger partial charge in [0.05, 0.1) is 33.1 Å². The zero-order valence-corrected chi connectivity index (χ0v) is 22.4. The van der Waals surface area contributed by atoms with Gasteiger partial charge in [-0.25, -0.2) is 4.39 Å². The predicted octanol–water partition coefficient (Wildman–Crippen LogP) is 3.23. The Morgan fingerprint density at radius 2 is 1.82 bits per heavy atom. The molecule has 1 saturated heterocycles. The van der Waals surface area contributed by atoms with E-state index in [1.54, 1.807) is 24.3 Å². The molecule has 1 aromatic heterocycles. The molecule has 0 unspecified atom stereocenters. The molecule has 212 valence electrons. The van der Waals surface area contributed by atoms with Crippen molar-refractivity contribution in [1.29, 1.82) is 0 Å². The predicted molar refractivity (Wildman–Crippen MR) is 142 cm³/mol. The third-order valence-corrected chi connectivity index (χ3v) is 6.54. The average Bonchev–Trinajstić information content (AvgIpc) is 3.70. The van der Waals surface area contributed by atoms with Gasteiger partial charge in [-0.2, -0.15) is 0 Å². The van der Waals surface area contributed by atoms with E-state index in [0.29, 0.717) is 29.2 Å². The van der Waals surface area contributed by atoms with Crippen molar-refractivity contribution in [2.24, 2.45) is 0 Å². The number of nitrogens with one attached hydrogen (secondary N) is 2. The quantitative estimate of drug-likeness (QED) is 0.354. The van der Waals surface area contributed by atoms with E-state index in [9.17, 15) is 18.8 Å². The van der Waals surface area contributed by atoms with Gasteiger partial charge in [0.15, 0.2) is 17.3 Å². The fourth-order valence-corrected chi connectivity index (χ4v) is 4.47. The molecule has 3 aromatic rings. The van der Waals surface area contributed by atoms with E-state index < -0.39 is 36.1 Å². The maximum absolute atomic E-state index is 13.8. The molecule has 2 aromatic carbocycles. The molecule has 2 N–H and O–H groups in total. The molecule has 40 heavy (non-hydrogen) atoms. The van der Waals surface area contributed by atoms with Crippen molar-refractivity contribution < 1.29 is 37.4 Å². The summed E-state index contributed by atoms with van der Waals surface area (Å²) in [7, 11) is 2.97. The molecular weight excluding hydrogens is 521 g/mol. The van der Waals surface area contributed by atoms with Crippen molar-refractivity contribution in [2.45, 2.75) is 31.5 Å². The molecule has 10 nitrogen and oxygen atoms in total. The first-order valence-corrected chi connectivity index (χ1v) is 12.9. The van der Waals surface area contributed by atoms with Crippen molar-refractivity contribution in [3.63, 3.8) is 0 Å². The number of hydrogen-bond acceptors (Lipinski definition) is 7. The van der Waals surface area contributed by atoms with Gasteiger partial charge in [0, 0.05) is 19.7 Å². The van der Waals surface area contributed by atoms with E-state index in [2.05, 4.69) is 10.6 Å². The summed E-state index contributed by atoms with van der Waals surface area (Å²) < 4.78 is 35.2. The second-order valence-electron chi connectivity index (χ2n) is 9.21. The van der Waals surface area contributed by atoms with E-state index in [4.69, 9.17) is 18.6 Å². The van der Waals surface area contributed by atoms with E-state index in [1.165, 1.54) is 55.7 Å². The third kappa shape index (κ3) is 7.17. The Morgan fingerprint density at radius 3 is 2.48 bits per heavy atom. The number of nitrogens with zero attached hydrogens (tertiary/aromatic N) is 1. The minimum atomic E-state index is -1.13. The molecule has 1 aliphatic heterocycles. The molecule has 11 heteroatoms. The number of benzene rings is 2. The summed E-state index contributed by atoms with van der Waals surface area (Å²) in [4.78, 5) is 41.3. The van der Waals surface area contributed by atoms with Gasteiger partial charge >= 0.3 is 0 Å². The highest BCUT2D eigenvalue weighted by atomic mass is 19.1. The second-order valence-corrected chi connectivity index (χ2v) is 9.21. The monoisotopic (exact) mass is 553 g/mol. The number of furan rings is 1. The molecule has 0 saturated carbocycles. The summed E-state index contributed by atoms with van der Waals surface area (Å²) in [5.74, 6) is -1.14. The summed E-state index contributed by atoms with van der Waals surface area (Å²) in [6.45, 7) is 0.451. The molecule has 0 spiro atoms. The van der Waals surface area contributed by atoms with Crippen molar-refractivity contribution >= 4 is 17.7 Å². The van der Waals surface area contributed by atoms with Crippen LogP contribution in [0.5, 0.6) is 11.5 Å². The van der Waals surface area contributed by atoms with Gasteiger partial charge in [0.2, 0.25) is 11.8 Å². The van der Waals surface area contributed by atoms with Crippen molar-refractivity contribution in [1.82, 2.24) is 15.5 Å². The fourth-order valence-electron chi connectivity index (χ4n) is 4.47. The minimum Gasteiger partial charge on any atom is -0.493 e. The molecule has 0 aliphatic carbocycles. The standard InChI is InChI=1S/C29H32FN3O7/c1-37-23-12-9-20(15-25(23)38-2)27(29(36)31-16-22-5-3-13-39-22)33(18-19-7-10-21(30)11-8-19)26(34)17-32-28(35)24-6-4-14-40-24/h4,6-12,14-15,22,27H,3,5,13,16-18H2,1-2H3,(H,31,36)(H,32,35)/t22-,27+/m1/s1. The number of carbonyl (C=O) groups excluding carboxylic acids is 3. The first kappa shape index (κ1) is 28.6. The Balaban J connectivity index is 1.67. The van der Waals surface area contributed by atoms with Gasteiger partial charge in [0.25, 0.3) is 5.91 Å². The lowest BCUT2D eigenvalue weighted by molar-refractivity contribution is -0.141. The van der Waals surface area contributed by atoms with Crippen LogP contribution in [0.25, 0.3) is 0 Å². The van der Waals surface area contributed by atoms with Crippen molar-refractivity contribution in [3.8, 4) is 11.5 Å². The number of halogens is 1. The van der Waals surface area contributed by atoms with Crippen LogP contribution in [0.15, 0.2) is 65.3 Å². The lowest BCUT2D eigenvalue weighted by atomic mass is 10.0. The molecule has 0 radical (unpaired) electrons. The lowest BCUT2D eigenvalue weighted by Gasteiger charge is -2.32. The molecule has 1 aliphatic rings. The summed E-state index contributed by atoms with van der Waals surface area (Å²) in [6, 6.07) is 12.5. The summed E-state index contributed by atoms with van der Waals surface area (Å²) in [5, 5.41) is 5.46. The number of ether oxygens (including phenoxy) is 3. The van der Waals surface area contributed by atoms with Crippen LogP contribution >= 0.6 is 0 Å². The highest BCUT2D eigenvalue weighted by molar-refractivity contribution is 5.95. The molecule has 2 atom stereocenters. The van der Waals surface area contributed by atoms with Gasteiger partial charge in [0.1, 0.15) is 11.9 Å². The van der Waals surface area contributed by atoms with Crippen LogP contribution in [0.4, 0.5) is 4.39 Å². The van der Waals surface area contributed by atoms with Crippen LogP contribution in [-0.4, -0.2) is 62.6 Å². The van der Waals surface area contributed by atoms with Gasteiger partial charge in [-0.3, -0.25) is 14.4 Å². The Bertz CT molecular complexity index is 1290. The molecule has 2 heterocycles. The van der Waals surface area contributed by atoms with Crippen LogP contribution < -0.4 is 20.1 Å². The van der Waals surface area contributed by atoms with Crippen molar-refractivity contribution in [3.05, 3.63) is 83.6 Å². The third-order valence-electron chi connectivity index (χ3n) is 6.54. The summed E-state index contributed by atoms with van der Waals surface area (Å²) in [6.07, 6.45) is 2.95. The largest absolute Gasteiger partial charge is 0.493 e. The van der Waals surface area contributed by atoms with E-state index in [-0.39, 0.29) is 25.0 Å². The zero-order chi connectivity index (χ0) is 28.5. The molecule has 3 amide bonds. The summed E-state index contributed by atoms with van der Waals surface area (Å²) in [5.41, 5.74) is 1.04. The van der Waals surface area contributed by atoms with E-state index in [0.717, 1.165) is 12.8 Å². The highest BCUT2D eigenvalue weighted by Crippen LogP contribution is 2.33. The first-order valence-electron chi connectivity index (χ1n) is 12.9. The minimum absolute atomic E-state index is 0.0396. The summed E-state index contributed by atoms with van der Waals surface area (Å²) >= 11 is 0. The Hall–Kier alpha value is -4.38. The van der Waals surface area contributed by atoms with Crippen LogP contribution in [0.1, 0.15) is 40.6 Å². The van der Waals surface area contributed by atoms with E-state index >= 15 is 0 Å². The van der Waals surface area contributed by atoms with Crippen LogP contribution in [0.2, 0.25) is 0 Å². The SMILES string of the molecule is COc1ccc([C@@H](C(=O)NC[C@H]2CCCO2)N(Cc2ccc(F)cc2)C(=O)CNC(=O)c2ccco2)cc1OC. The first-order chi connectivity index (χ1) is 19.4. The number of rotatable bonds is 12. The van der Waals surface area contributed by atoms with Crippen LogP contribution in [0.3, 0.4) is 0 Å². The fraction of sp³-hybridized carbons (Fsp3) is 0.345. The average molecular weight is 554 g/mol. The lowest BCUT2D eigenvalue weighted by Crippen LogP contribution is -2.48. The Morgan fingerprint density at radius 1 is 1.05 bits per heavy atom. The van der Waals surface area contributed by atoms with E-state index in [1.807, 2.05) is 0 Å². The van der Waals surface area contributed by atoms with Crippen LogP contribution in [0, 0.1) is 5.82 Å². The zero-order valence-electron chi connectivity index (χ0n) is 22.4. The number of hydrogen-bond donors (Lipinski definition) is 2. The van der Waals surface area contributed by atoms with Gasteiger partial charge < -0.3 is 34.2 Å². The highest BCUT2D eigenvalue weighted by Gasteiger charge is 2.33. The van der Waals surface area contributed by atoms with Crippen LogP contribution in [-0.2, 0) is 20.9 Å². The van der Waals surface area contributed by atoms with Gasteiger partial charge in [-0.05, 0) is 60.4 Å². The Labute approximate surface area is 231 Å². The molecule has 0 bridgehead atoms. The smallest absolute Gasteiger partial charge is 0.287 e. The topological polar surface area (TPSA) is 119 Å². The second kappa shape index (κ2) is 13.6. The maximum atomic E-state index is 13.8. The normalized spacial score (nSPS) is 15.2. The van der Waals surface area contributed by atoms with Gasteiger partial charge in [-0.1, -0.05) is 18.2 Å². The number of amides is 3. The molecule has 1 fully saturated rings. The number of methoxy groups -OCH3 is 2. The van der Waals surface area contributed by atoms with Gasteiger partial charge in [-0.15, -0.1) is 0 Å².